The molecule has 2 aromatic rings. The first-order valence-corrected chi connectivity index (χ1v) is 5.82. The van der Waals surface area contributed by atoms with Crippen molar-refractivity contribution in [2.45, 2.75) is 26.2 Å². The van der Waals surface area contributed by atoms with Gasteiger partial charge in [0.15, 0.2) is 17.2 Å². The molecule has 0 aromatic carbocycles. The number of unbranched alkanes of at least 4 members (excludes halogenated alkanes) is 1. The summed E-state index contributed by atoms with van der Waals surface area (Å²) in [5.74, 6) is -0.123. The smallest absolute Gasteiger partial charge is 0.184 e. The van der Waals surface area contributed by atoms with Crippen LogP contribution in [0, 0.1) is 11.3 Å². The molecule has 0 spiro atoms. The third-order valence-corrected chi connectivity index (χ3v) is 2.82. The van der Waals surface area contributed by atoms with Gasteiger partial charge in [-0.2, -0.15) is 10.4 Å². The molecule has 2 heterocycles. The number of aromatic nitrogens is 2. The van der Waals surface area contributed by atoms with E-state index in [0.717, 1.165) is 12.8 Å². The lowest BCUT2D eigenvalue weighted by atomic mass is 10.1. The maximum atomic E-state index is 12.0. The summed E-state index contributed by atoms with van der Waals surface area (Å²) in [5.41, 5.74) is 1.10. The molecule has 0 saturated carbocycles. The molecule has 18 heavy (non-hydrogen) atoms. The van der Waals surface area contributed by atoms with E-state index in [9.17, 15) is 9.90 Å². The third kappa shape index (κ3) is 1.93. The Balaban J connectivity index is 2.50. The fourth-order valence-electron chi connectivity index (χ4n) is 1.83. The largest absolute Gasteiger partial charge is 0.505 e. The van der Waals surface area contributed by atoms with Gasteiger partial charge in [-0.05, 0) is 18.6 Å². The molecule has 0 radical (unpaired) electrons. The number of carbonyl (C=O) groups excluding carboxylic acids is 1. The van der Waals surface area contributed by atoms with Crippen LogP contribution in [0.2, 0.25) is 0 Å². The number of fused-ring (bicyclic) bond motifs is 1. The molecule has 0 saturated heterocycles. The lowest BCUT2D eigenvalue weighted by Gasteiger charge is -2.01. The molecule has 5 heteroatoms. The van der Waals surface area contributed by atoms with E-state index in [1.54, 1.807) is 6.07 Å². The Morgan fingerprint density at radius 3 is 3.00 bits per heavy atom. The van der Waals surface area contributed by atoms with E-state index in [1.165, 1.54) is 16.8 Å². The molecule has 1 N–H and O–H groups in total. The van der Waals surface area contributed by atoms with E-state index in [2.05, 4.69) is 5.10 Å². The highest BCUT2D eigenvalue weighted by Crippen LogP contribution is 2.21. The predicted octanol–water partition coefficient (Wildman–Crippen LogP) is 2.28. The molecular weight excluding hydrogens is 230 g/mol. The van der Waals surface area contributed by atoms with Gasteiger partial charge < -0.3 is 5.11 Å². The number of Topliss-reactive ketones (excluding diaryl/α,β-unsaturated/α-hetero) is 1. The minimum absolute atomic E-state index is 0.0152. The Morgan fingerprint density at radius 1 is 1.56 bits per heavy atom. The van der Waals surface area contributed by atoms with Gasteiger partial charge in [0, 0.05) is 6.42 Å². The number of hydrogen-bond acceptors (Lipinski definition) is 4. The van der Waals surface area contributed by atoms with E-state index < -0.39 is 0 Å². The Kier molecular flexibility index (Phi) is 3.28. The number of hydrogen-bond donors (Lipinski definition) is 1. The summed E-state index contributed by atoms with van der Waals surface area (Å²) in [6.45, 7) is 2.02. The third-order valence-electron chi connectivity index (χ3n) is 2.82. The van der Waals surface area contributed by atoms with Crippen molar-refractivity contribution in [3.05, 3.63) is 29.6 Å². The van der Waals surface area contributed by atoms with Gasteiger partial charge >= 0.3 is 0 Å². The van der Waals surface area contributed by atoms with Crippen molar-refractivity contribution in [2.24, 2.45) is 0 Å². The molecular formula is C13H13N3O2. The summed E-state index contributed by atoms with van der Waals surface area (Å²) < 4.78 is 1.30. The fourth-order valence-corrected chi connectivity index (χ4v) is 1.83. The SMILES string of the molecule is CCCCC(=O)c1cnn2c(C#N)c(O)ccc12. The molecule has 5 nitrogen and oxygen atoms in total. The monoisotopic (exact) mass is 243 g/mol. The van der Waals surface area contributed by atoms with Gasteiger partial charge in [0.05, 0.1) is 17.3 Å². The zero-order chi connectivity index (χ0) is 13.1. The number of aromatic hydroxyl groups is 1. The van der Waals surface area contributed by atoms with Crippen molar-refractivity contribution in [1.29, 1.82) is 5.26 Å². The lowest BCUT2D eigenvalue weighted by Crippen LogP contribution is -1.99. The molecule has 2 aromatic heterocycles. The molecule has 2 rings (SSSR count). The Morgan fingerprint density at radius 2 is 2.33 bits per heavy atom. The van der Waals surface area contributed by atoms with Gasteiger partial charge in [0.25, 0.3) is 0 Å². The summed E-state index contributed by atoms with van der Waals surface area (Å²) in [6.07, 6.45) is 3.71. The predicted molar refractivity (Wildman–Crippen MR) is 65.4 cm³/mol. The van der Waals surface area contributed by atoms with Gasteiger partial charge in [0.1, 0.15) is 6.07 Å². The lowest BCUT2D eigenvalue weighted by molar-refractivity contribution is 0.0981. The second-order valence-electron chi connectivity index (χ2n) is 4.06. The molecule has 0 aliphatic carbocycles. The first kappa shape index (κ1) is 12.1. The zero-order valence-corrected chi connectivity index (χ0v) is 10.1. The van der Waals surface area contributed by atoms with Crippen molar-refractivity contribution in [3.63, 3.8) is 0 Å². The van der Waals surface area contributed by atoms with Gasteiger partial charge in [-0.1, -0.05) is 13.3 Å². The number of carbonyl (C=O) groups is 1. The first-order chi connectivity index (χ1) is 8.69. The molecule has 0 aliphatic rings. The molecule has 0 unspecified atom stereocenters. The van der Waals surface area contributed by atoms with E-state index in [0.29, 0.717) is 17.5 Å². The highest BCUT2D eigenvalue weighted by atomic mass is 16.3. The van der Waals surface area contributed by atoms with Crippen LogP contribution in [0.4, 0.5) is 0 Å². The maximum absolute atomic E-state index is 12.0. The standard InChI is InChI=1S/C13H13N3O2/c1-2-3-4-12(17)9-8-15-16-10(9)5-6-13(18)11(16)7-14/h5-6,8,18H,2-4H2,1H3. The van der Waals surface area contributed by atoms with Crippen LogP contribution in [0.1, 0.15) is 42.2 Å². The van der Waals surface area contributed by atoms with E-state index in [-0.39, 0.29) is 17.2 Å². The topological polar surface area (TPSA) is 78.4 Å². The number of nitriles is 1. The van der Waals surface area contributed by atoms with Gasteiger partial charge in [-0.3, -0.25) is 4.79 Å². The van der Waals surface area contributed by atoms with E-state index in [4.69, 9.17) is 5.26 Å². The minimum atomic E-state index is -0.138. The van der Waals surface area contributed by atoms with Crippen LogP contribution in [0.5, 0.6) is 5.75 Å². The van der Waals surface area contributed by atoms with Crippen molar-refractivity contribution < 1.29 is 9.90 Å². The summed E-state index contributed by atoms with van der Waals surface area (Å²) in [6, 6.07) is 4.88. The second kappa shape index (κ2) is 4.88. The van der Waals surface area contributed by atoms with Crippen LogP contribution < -0.4 is 0 Å². The minimum Gasteiger partial charge on any atom is -0.505 e. The summed E-state index contributed by atoms with van der Waals surface area (Å²) in [5, 5.41) is 22.5. The summed E-state index contributed by atoms with van der Waals surface area (Å²) >= 11 is 0. The number of nitrogens with zero attached hydrogens (tertiary/aromatic N) is 3. The number of pyridine rings is 1. The quantitative estimate of drug-likeness (QED) is 0.835. The van der Waals surface area contributed by atoms with E-state index in [1.807, 2.05) is 13.0 Å². The van der Waals surface area contributed by atoms with Crippen molar-refractivity contribution >= 4 is 11.3 Å². The van der Waals surface area contributed by atoms with E-state index >= 15 is 0 Å². The van der Waals surface area contributed by atoms with Crippen molar-refractivity contribution in [3.8, 4) is 11.8 Å². The highest BCUT2D eigenvalue weighted by molar-refractivity contribution is 6.02. The van der Waals surface area contributed by atoms with Crippen molar-refractivity contribution in [1.82, 2.24) is 9.61 Å². The molecule has 92 valence electrons. The second-order valence-corrected chi connectivity index (χ2v) is 4.06. The van der Waals surface area contributed by atoms with Crippen LogP contribution >= 0.6 is 0 Å². The normalized spacial score (nSPS) is 10.4. The number of rotatable bonds is 4. The highest BCUT2D eigenvalue weighted by Gasteiger charge is 2.15. The molecule has 0 amide bonds. The van der Waals surface area contributed by atoms with Crippen LogP contribution in [0.15, 0.2) is 18.3 Å². The fraction of sp³-hybridized carbons (Fsp3) is 0.308. The first-order valence-electron chi connectivity index (χ1n) is 5.82. The van der Waals surface area contributed by atoms with Crippen LogP contribution in [-0.4, -0.2) is 20.5 Å². The van der Waals surface area contributed by atoms with Crippen LogP contribution in [-0.2, 0) is 0 Å². The maximum Gasteiger partial charge on any atom is 0.184 e. The van der Waals surface area contributed by atoms with Gasteiger partial charge in [-0.25, -0.2) is 4.52 Å². The Bertz CT molecular complexity index is 637. The van der Waals surface area contributed by atoms with Gasteiger partial charge in [-0.15, -0.1) is 0 Å². The van der Waals surface area contributed by atoms with Crippen LogP contribution in [0.25, 0.3) is 5.52 Å². The van der Waals surface area contributed by atoms with Gasteiger partial charge in [0.2, 0.25) is 0 Å². The Labute approximate surface area is 104 Å². The summed E-state index contributed by atoms with van der Waals surface area (Å²) in [4.78, 5) is 12.0. The number of ketones is 1. The zero-order valence-electron chi connectivity index (χ0n) is 10.1. The Hall–Kier alpha value is -2.35. The summed E-state index contributed by atoms with van der Waals surface area (Å²) in [7, 11) is 0. The average Bonchev–Trinajstić information content (AvgIpc) is 2.79. The van der Waals surface area contributed by atoms with Crippen molar-refractivity contribution in [2.75, 3.05) is 0 Å². The molecule has 0 bridgehead atoms. The molecule has 0 aliphatic heterocycles. The average molecular weight is 243 g/mol. The molecule has 0 fully saturated rings. The van der Waals surface area contributed by atoms with Crippen LogP contribution in [0.3, 0.4) is 0 Å². The molecule has 0 atom stereocenters.